The zero-order valence-electron chi connectivity index (χ0n) is 14.9. The smallest absolute Gasteiger partial charge is 0.391 e. The molecule has 1 N–H and O–H groups in total. The molecule has 1 aliphatic rings. The molecule has 0 aromatic heterocycles. The molecule has 0 spiro atoms. The topological polar surface area (TPSA) is 47.6 Å². The Hall–Kier alpha value is -2.18. The van der Waals surface area contributed by atoms with Gasteiger partial charge in [0.15, 0.2) is 11.5 Å². The van der Waals surface area contributed by atoms with E-state index in [0.29, 0.717) is 30.9 Å². The van der Waals surface area contributed by atoms with E-state index in [9.17, 15) is 18.0 Å². The van der Waals surface area contributed by atoms with Gasteiger partial charge in [-0.15, -0.1) is 0 Å². The van der Waals surface area contributed by atoms with Crippen LogP contribution in [0.5, 0.6) is 11.5 Å². The third kappa shape index (κ3) is 5.68. The van der Waals surface area contributed by atoms with E-state index in [0.717, 1.165) is 5.56 Å². The molecule has 7 heteroatoms. The second kappa shape index (κ2) is 8.96. The molecule has 2 rings (SSSR count). The average Bonchev–Trinajstić information content (AvgIpc) is 2.60. The highest BCUT2D eigenvalue weighted by atomic mass is 19.4. The van der Waals surface area contributed by atoms with Crippen LogP contribution in [0.3, 0.4) is 0 Å². The van der Waals surface area contributed by atoms with Crippen molar-refractivity contribution in [3.63, 3.8) is 0 Å². The minimum atomic E-state index is -4.20. The molecule has 1 saturated carbocycles. The van der Waals surface area contributed by atoms with Crippen LogP contribution in [0.15, 0.2) is 24.3 Å². The van der Waals surface area contributed by atoms with E-state index in [1.807, 2.05) is 6.92 Å². The molecule has 1 fully saturated rings. The standard InChI is InChI=1S/C19H24F3NO3/c1-3-26-17-11-13(7-9-16(17)25-2)8-10-18(24)23-15-6-4-5-14(12-15)19(20,21)22/h7-11,14-15H,3-6,12H2,1-2H3,(H,23,24)/b10-8+. The first-order valence-electron chi connectivity index (χ1n) is 8.69. The van der Waals surface area contributed by atoms with Crippen LogP contribution in [-0.4, -0.2) is 31.8 Å². The second-order valence-corrected chi connectivity index (χ2v) is 6.29. The summed E-state index contributed by atoms with van der Waals surface area (Å²) in [4.78, 5) is 12.0. The van der Waals surface area contributed by atoms with E-state index in [1.165, 1.54) is 6.08 Å². The zero-order chi connectivity index (χ0) is 19.2. The Kier molecular flexibility index (Phi) is 6.94. The summed E-state index contributed by atoms with van der Waals surface area (Å²) in [5.41, 5.74) is 0.737. The first-order valence-corrected chi connectivity index (χ1v) is 8.69. The fraction of sp³-hybridized carbons (Fsp3) is 0.526. The number of hydrogen-bond donors (Lipinski definition) is 1. The molecule has 2 unspecified atom stereocenters. The maximum absolute atomic E-state index is 12.8. The van der Waals surface area contributed by atoms with Gasteiger partial charge in [0, 0.05) is 12.1 Å². The lowest BCUT2D eigenvalue weighted by Crippen LogP contribution is -2.41. The second-order valence-electron chi connectivity index (χ2n) is 6.29. The Morgan fingerprint density at radius 3 is 2.73 bits per heavy atom. The van der Waals surface area contributed by atoms with E-state index in [4.69, 9.17) is 9.47 Å². The summed E-state index contributed by atoms with van der Waals surface area (Å²) in [7, 11) is 1.54. The average molecular weight is 371 g/mol. The molecule has 1 aromatic carbocycles. The highest BCUT2D eigenvalue weighted by Gasteiger charge is 2.42. The first kappa shape index (κ1) is 20.1. The molecule has 0 saturated heterocycles. The third-order valence-corrected chi connectivity index (χ3v) is 4.40. The van der Waals surface area contributed by atoms with E-state index >= 15 is 0 Å². The number of benzene rings is 1. The maximum Gasteiger partial charge on any atom is 0.391 e. The van der Waals surface area contributed by atoms with Crippen molar-refractivity contribution < 1.29 is 27.4 Å². The molecule has 144 valence electrons. The molecule has 2 atom stereocenters. The van der Waals surface area contributed by atoms with Gasteiger partial charge < -0.3 is 14.8 Å². The number of nitrogens with one attached hydrogen (secondary N) is 1. The molecule has 1 aliphatic carbocycles. The molecule has 0 radical (unpaired) electrons. The fourth-order valence-electron chi connectivity index (χ4n) is 3.10. The summed E-state index contributed by atoms with van der Waals surface area (Å²) in [5, 5.41) is 2.67. The lowest BCUT2D eigenvalue weighted by Gasteiger charge is -2.30. The maximum atomic E-state index is 12.8. The Bertz CT molecular complexity index is 643. The quantitative estimate of drug-likeness (QED) is 0.757. The summed E-state index contributed by atoms with van der Waals surface area (Å²) in [5.74, 6) is -0.570. The van der Waals surface area contributed by atoms with Crippen LogP contribution in [0.25, 0.3) is 6.08 Å². The summed E-state index contributed by atoms with van der Waals surface area (Å²) in [6, 6.07) is 4.80. The summed E-state index contributed by atoms with van der Waals surface area (Å²) in [6.07, 6.45) is -0.149. The number of ether oxygens (including phenoxy) is 2. The van der Waals surface area contributed by atoms with Crippen molar-refractivity contribution in [1.29, 1.82) is 0 Å². The summed E-state index contributed by atoms with van der Waals surface area (Å²) >= 11 is 0. The van der Waals surface area contributed by atoms with Gasteiger partial charge in [-0.3, -0.25) is 4.79 Å². The highest BCUT2D eigenvalue weighted by molar-refractivity contribution is 5.92. The molecule has 0 aliphatic heterocycles. The predicted octanol–water partition coefficient (Wildman–Crippen LogP) is 4.34. The zero-order valence-corrected chi connectivity index (χ0v) is 14.9. The Morgan fingerprint density at radius 1 is 1.31 bits per heavy atom. The number of carbonyl (C=O) groups excluding carboxylic acids is 1. The first-order chi connectivity index (χ1) is 12.3. The number of amides is 1. The SMILES string of the molecule is CCOc1cc(/C=C/C(=O)NC2CCCC(C(F)(F)F)C2)ccc1OC. The van der Waals surface area contributed by atoms with Crippen LogP contribution in [0.4, 0.5) is 13.2 Å². The summed E-state index contributed by atoms with van der Waals surface area (Å²) < 4.78 is 49.2. The number of rotatable bonds is 6. The van der Waals surface area contributed by atoms with Gasteiger partial charge in [0.2, 0.25) is 5.91 Å². The van der Waals surface area contributed by atoms with Gasteiger partial charge in [-0.05, 0) is 50.0 Å². The van der Waals surface area contributed by atoms with Gasteiger partial charge in [0.1, 0.15) is 0 Å². The number of alkyl halides is 3. The number of carbonyl (C=O) groups is 1. The van der Waals surface area contributed by atoms with E-state index in [2.05, 4.69) is 5.32 Å². The van der Waals surface area contributed by atoms with Crippen LogP contribution in [0.1, 0.15) is 38.2 Å². The Morgan fingerprint density at radius 2 is 2.08 bits per heavy atom. The number of methoxy groups -OCH3 is 1. The van der Waals surface area contributed by atoms with Crippen LogP contribution >= 0.6 is 0 Å². The number of hydrogen-bond acceptors (Lipinski definition) is 3. The third-order valence-electron chi connectivity index (χ3n) is 4.40. The normalized spacial score (nSPS) is 20.8. The molecule has 4 nitrogen and oxygen atoms in total. The van der Waals surface area contributed by atoms with E-state index in [-0.39, 0.29) is 12.8 Å². The van der Waals surface area contributed by atoms with Gasteiger partial charge in [-0.25, -0.2) is 0 Å². The minimum absolute atomic E-state index is 0.0555. The van der Waals surface area contributed by atoms with Crippen LogP contribution in [-0.2, 0) is 4.79 Å². The molecule has 1 aromatic rings. The van der Waals surface area contributed by atoms with Gasteiger partial charge in [-0.1, -0.05) is 12.5 Å². The van der Waals surface area contributed by atoms with Gasteiger partial charge in [0.25, 0.3) is 0 Å². The molecule has 26 heavy (non-hydrogen) atoms. The van der Waals surface area contributed by atoms with E-state index < -0.39 is 24.0 Å². The van der Waals surface area contributed by atoms with Crippen LogP contribution < -0.4 is 14.8 Å². The van der Waals surface area contributed by atoms with Crippen molar-refractivity contribution in [1.82, 2.24) is 5.32 Å². The molecule has 0 bridgehead atoms. The van der Waals surface area contributed by atoms with Gasteiger partial charge in [-0.2, -0.15) is 13.2 Å². The predicted molar refractivity (Wildman–Crippen MR) is 93.1 cm³/mol. The van der Waals surface area contributed by atoms with Crippen molar-refractivity contribution in [2.45, 2.75) is 44.8 Å². The monoisotopic (exact) mass is 371 g/mol. The van der Waals surface area contributed by atoms with Crippen molar-refractivity contribution in [2.75, 3.05) is 13.7 Å². The van der Waals surface area contributed by atoms with Gasteiger partial charge in [0.05, 0.1) is 19.6 Å². The van der Waals surface area contributed by atoms with E-state index in [1.54, 1.807) is 31.4 Å². The minimum Gasteiger partial charge on any atom is -0.493 e. The Balaban J connectivity index is 1.96. The number of halogens is 3. The van der Waals surface area contributed by atoms with Gasteiger partial charge >= 0.3 is 6.18 Å². The summed E-state index contributed by atoms with van der Waals surface area (Å²) in [6.45, 7) is 2.33. The molecular formula is C19H24F3NO3. The van der Waals surface area contributed by atoms with Crippen LogP contribution in [0, 0.1) is 5.92 Å². The largest absolute Gasteiger partial charge is 0.493 e. The lowest BCUT2D eigenvalue weighted by molar-refractivity contribution is -0.184. The van der Waals surface area contributed by atoms with Crippen LogP contribution in [0.2, 0.25) is 0 Å². The molecule has 1 amide bonds. The molecular weight excluding hydrogens is 347 g/mol. The Labute approximate surface area is 151 Å². The van der Waals surface area contributed by atoms with Crippen molar-refractivity contribution in [3.05, 3.63) is 29.8 Å². The molecule has 0 heterocycles. The lowest BCUT2D eigenvalue weighted by atomic mass is 9.85. The highest BCUT2D eigenvalue weighted by Crippen LogP contribution is 2.37. The van der Waals surface area contributed by atoms with Crippen molar-refractivity contribution in [3.8, 4) is 11.5 Å². The van der Waals surface area contributed by atoms with Crippen molar-refractivity contribution >= 4 is 12.0 Å². The van der Waals surface area contributed by atoms with Crippen molar-refractivity contribution in [2.24, 2.45) is 5.92 Å². The fourth-order valence-corrected chi connectivity index (χ4v) is 3.10.